The van der Waals surface area contributed by atoms with E-state index in [1.54, 1.807) is 18.0 Å². The molecule has 2 nitrogen and oxygen atoms in total. The normalized spacial score (nSPS) is 12.2. The minimum absolute atomic E-state index is 0.206. The summed E-state index contributed by atoms with van der Waals surface area (Å²) in [5, 5.41) is 1.04. The monoisotopic (exact) mass is 360 g/mol. The average molecular weight is 361 g/mol. The second kappa shape index (κ2) is 8.36. The Labute approximate surface area is 150 Å². The maximum absolute atomic E-state index is 13.1. The highest BCUT2D eigenvalue weighted by molar-refractivity contribution is 7.99. The fraction of sp³-hybridized carbons (Fsp3) is 0.211. The van der Waals surface area contributed by atoms with Crippen molar-refractivity contribution in [3.8, 4) is 0 Å². The van der Waals surface area contributed by atoms with Gasteiger partial charge in [-0.25, -0.2) is 9.37 Å². The van der Waals surface area contributed by atoms with Gasteiger partial charge in [-0.15, -0.1) is 11.8 Å². The molecule has 1 aromatic heterocycles. The van der Waals surface area contributed by atoms with Crippen molar-refractivity contribution in [2.45, 2.75) is 29.5 Å². The van der Waals surface area contributed by atoms with Crippen LogP contribution in [0.15, 0.2) is 72.1 Å². The highest BCUT2D eigenvalue weighted by Gasteiger charge is 2.13. The lowest BCUT2D eigenvalue weighted by Gasteiger charge is -2.17. The summed E-state index contributed by atoms with van der Waals surface area (Å²) in [4.78, 5) is 5.14. The molecule has 0 aliphatic carbocycles. The van der Waals surface area contributed by atoms with Gasteiger partial charge >= 0.3 is 0 Å². The van der Waals surface area contributed by atoms with Crippen LogP contribution in [0.2, 0.25) is 5.02 Å². The molecule has 0 saturated heterocycles. The molecule has 0 radical (unpaired) electrons. The van der Waals surface area contributed by atoms with E-state index in [0.717, 1.165) is 29.3 Å². The van der Waals surface area contributed by atoms with Gasteiger partial charge in [0.15, 0.2) is 0 Å². The summed E-state index contributed by atoms with van der Waals surface area (Å²) in [5.41, 5.74) is 1.24. The highest BCUT2D eigenvalue weighted by atomic mass is 35.5. The van der Waals surface area contributed by atoms with Crippen LogP contribution in [0.5, 0.6) is 0 Å². The van der Waals surface area contributed by atoms with Crippen LogP contribution >= 0.6 is 23.4 Å². The van der Waals surface area contributed by atoms with Gasteiger partial charge in [-0.3, -0.25) is 0 Å². The molecular formula is C19H18ClFN2S. The van der Waals surface area contributed by atoms with E-state index >= 15 is 0 Å². The third kappa shape index (κ3) is 4.86. The van der Waals surface area contributed by atoms with Gasteiger partial charge in [-0.1, -0.05) is 23.7 Å². The summed E-state index contributed by atoms with van der Waals surface area (Å²) in [7, 11) is 0. The Kier molecular flexibility index (Phi) is 5.94. The summed E-state index contributed by atoms with van der Waals surface area (Å²) >= 11 is 7.77. The summed E-state index contributed by atoms with van der Waals surface area (Å²) in [5.74, 6) is -0.206. The van der Waals surface area contributed by atoms with Gasteiger partial charge in [0.2, 0.25) is 0 Å². The fourth-order valence-electron chi connectivity index (χ4n) is 2.53. The van der Waals surface area contributed by atoms with Gasteiger partial charge < -0.3 is 4.57 Å². The lowest BCUT2D eigenvalue weighted by molar-refractivity contribution is 0.604. The molecule has 0 bridgehead atoms. The number of imidazole rings is 1. The van der Waals surface area contributed by atoms with Gasteiger partial charge in [0.05, 0.1) is 6.33 Å². The number of rotatable bonds is 7. The summed E-state index contributed by atoms with van der Waals surface area (Å²) in [6, 6.07) is 14.7. The first-order chi connectivity index (χ1) is 11.7. The predicted molar refractivity (Wildman–Crippen MR) is 97.9 cm³/mol. The van der Waals surface area contributed by atoms with Crippen molar-refractivity contribution in [1.82, 2.24) is 9.55 Å². The van der Waals surface area contributed by atoms with Gasteiger partial charge in [0.25, 0.3) is 0 Å². The van der Waals surface area contributed by atoms with Crippen LogP contribution in [0, 0.1) is 5.82 Å². The van der Waals surface area contributed by atoms with E-state index in [1.807, 2.05) is 36.8 Å². The van der Waals surface area contributed by atoms with Crippen LogP contribution < -0.4 is 0 Å². The largest absolute Gasteiger partial charge is 0.337 e. The minimum Gasteiger partial charge on any atom is -0.337 e. The molecule has 24 heavy (non-hydrogen) atoms. The molecule has 1 heterocycles. The Bertz CT molecular complexity index is 742. The Morgan fingerprint density at radius 2 is 1.83 bits per heavy atom. The Morgan fingerprint density at radius 3 is 2.50 bits per heavy atom. The van der Waals surface area contributed by atoms with Gasteiger partial charge in [-0.05, 0) is 54.8 Å². The Hall–Kier alpha value is -1.78. The molecule has 1 atom stereocenters. The zero-order valence-electron chi connectivity index (χ0n) is 13.1. The number of hydrogen-bond donors (Lipinski definition) is 0. The molecule has 1 unspecified atom stereocenters. The topological polar surface area (TPSA) is 17.8 Å². The molecule has 0 fully saturated rings. The van der Waals surface area contributed by atoms with Crippen LogP contribution in [0.1, 0.15) is 23.7 Å². The van der Waals surface area contributed by atoms with E-state index < -0.39 is 0 Å². The molecule has 124 valence electrons. The zero-order valence-corrected chi connectivity index (χ0v) is 14.7. The number of aromatic nitrogens is 2. The SMILES string of the molecule is Fc1ccc(SC(CCCn2ccnc2)c2ccc(Cl)cc2)cc1. The van der Waals surface area contributed by atoms with Crippen molar-refractivity contribution in [1.29, 1.82) is 0 Å². The Morgan fingerprint density at radius 1 is 1.08 bits per heavy atom. The van der Waals surface area contributed by atoms with Crippen molar-refractivity contribution in [3.05, 3.63) is 83.7 Å². The minimum atomic E-state index is -0.206. The second-order valence-electron chi connectivity index (χ2n) is 5.55. The standard InChI is InChI=1S/C19H18ClFN2S/c20-16-5-3-15(4-6-16)19(2-1-12-23-13-11-22-14-23)24-18-9-7-17(21)8-10-18/h3-11,13-14,19H,1-2,12H2. The van der Waals surface area contributed by atoms with E-state index in [0.29, 0.717) is 5.25 Å². The average Bonchev–Trinajstić information content (AvgIpc) is 3.10. The number of nitrogens with zero attached hydrogens (tertiary/aromatic N) is 2. The Balaban J connectivity index is 1.69. The van der Waals surface area contributed by atoms with Crippen molar-refractivity contribution < 1.29 is 4.39 Å². The van der Waals surface area contributed by atoms with Gasteiger partial charge in [-0.2, -0.15) is 0 Å². The van der Waals surface area contributed by atoms with Crippen molar-refractivity contribution in [2.24, 2.45) is 0 Å². The van der Waals surface area contributed by atoms with Crippen LogP contribution in [0.4, 0.5) is 4.39 Å². The summed E-state index contributed by atoms with van der Waals surface area (Å²) in [6.07, 6.45) is 7.67. The molecule has 2 aromatic carbocycles. The molecule has 0 aliphatic rings. The zero-order chi connectivity index (χ0) is 16.8. The fourth-order valence-corrected chi connectivity index (χ4v) is 3.85. The maximum atomic E-state index is 13.1. The lowest BCUT2D eigenvalue weighted by Crippen LogP contribution is -1.99. The van der Waals surface area contributed by atoms with Crippen molar-refractivity contribution in [3.63, 3.8) is 0 Å². The number of benzene rings is 2. The molecule has 0 aliphatic heterocycles. The van der Waals surface area contributed by atoms with Gasteiger partial charge in [0.1, 0.15) is 5.82 Å². The summed E-state index contributed by atoms with van der Waals surface area (Å²) < 4.78 is 15.2. The predicted octanol–water partition coefficient (Wildman–Crippen LogP) is 5.99. The maximum Gasteiger partial charge on any atom is 0.123 e. The quantitative estimate of drug-likeness (QED) is 0.481. The van der Waals surface area contributed by atoms with Crippen LogP contribution in [-0.2, 0) is 6.54 Å². The van der Waals surface area contributed by atoms with E-state index in [2.05, 4.69) is 21.7 Å². The third-order valence-electron chi connectivity index (χ3n) is 3.78. The molecule has 0 saturated carbocycles. The van der Waals surface area contributed by atoms with Crippen molar-refractivity contribution >= 4 is 23.4 Å². The van der Waals surface area contributed by atoms with Crippen LogP contribution in [-0.4, -0.2) is 9.55 Å². The molecular weight excluding hydrogens is 343 g/mol. The first kappa shape index (κ1) is 17.1. The van der Waals surface area contributed by atoms with E-state index in [-0.39, 0.29) is 5.82 Å². The second-order valence-corrected chi connectivity index (χ2v) is 7.27. The van der Waals surface area contributed by atoms with Crippen LogP contribution in [0.3, 0.4) is 0 Å². The molecule has 3 aromatic rings. The number of hydrogen-bond acceptors (Lipinski definition) is 2. The van der Waals surface area contributed by atoms with Crippen molar-refractivity contribution in [2.75, 3.05) is 0 Å². The van der Waals surface area contributed by atoms with E-state index in [1.165, 1.54) is 17.7 Å². The number of thioether (sulfide) groups is 1. The van der Waals surface area contributed by atoms with E-state index in [9.17, 15) is 4.39 Å². The number of halogens is 2. The molecule has 0 amide bonds. The third-order valence-corrected chi connectivity index (χ3v) is 5.36. The lowest BCUT2D eigenvalue weighted by atomic mass is 10.1. The molecule has 0 N–H and O–H groups in total. The molecule has 3 rings (SSSR count). The van der Waals surface area contributed by atoms with Crippen LogP contribution in [0.25, 0.3) is 0 Å². The first-order valence-corrected chi connectivity index (χ1v) is 9.10. The molecule has 0 spiro atoms. The summed E-state index contributed by atoms with van der Waals surface area (Å²) in [6.45, 7) is 0.939. The molecule has 5 heteroatoms. The van der Waals surface area contributed by atoms with E-state index in [4.69, 9.17) is 11.6 Å². The first-order valence-electron chi connectivity index (χ1n) is 7.84. The smallest absolute Gasteiger partial charge is 0.123 e. The van der Waals surface area contributed by atoms with Gasteiger partial charge in [0, 0.05) is 34.1 Å². The highest BCUT2D eigenvalue weighted by Crippen LogP contribution is 2.39. The number of aryl methyl sites for hydroxylation is 1.